The zero-order valence-corrected chi connectivity index (χ0v) is 28.3. The number of esters is 1. The number of hydrogen-bond donors (Lipinski definition) is 2. The first kappa shape index (κ1) is 36.4. The van der Waals surface area contributed by atoms with Gasteiger partial charge in [0.1, 0.15) is 6.10 Å². The average molecular weight is 616 g/mol. The number of rotatable bonds is 15. The number of carbonyl (C=O) groups excluding carboxylic acids is 2. The molecule has 4 aliphatic carbocycles. The summed E-state index contributed by atoms with van der Waals surface area (Å²) in [6, 6.07) is 0. The number of nitrogens with zero attached hydrogens (tertiary/aromatic N) is 3. The number of fused-ring (bicyclic) bond motifs is 5. The van der Waals surface area contributed by atoms with Crippen LogP contribution in [0.4, 0.5) is 0 Å². The van der Waals surface area contributed by atoms with Crippen molar-refractivity contribution >= 4 is 11.9 Å². The highest BCUT2D eigenvalue weighted by Crippen LogP contribution is 2.67. The molecule has 9 heteroatoms. The van der Waals surface area contributed by atoms with E-state index in [-0.39, 0.29) is 48.9 Å². The van der Waals surface area contributed by atoms with E-state index in [0.29, 0.717) is 25.2 Å². The molecule has 0 radical (unpaired) electrons. The van der Waals surface area contributed by atoms with E-state index in [1.54, 1.807) is 0 Å². The Hall–Kier alpha value is -2.09. The van der Waals surface area contributed by atoms with Crippen molar-refractivity contribution in [2.24, 2.45) is 51.5 Å². The maximum Gasteiger partial charge on any atom is 0.306 e. The first-order valence-electron chi connectivity index (χ1n) is 17.3. The van der Waals surface area contributed by atoms with Gasteiger partial charge >= 0.3 is 5.97 Å². The van der Waals surface area contributed by atoms with E-state index in [9.17, 15) is 9.59 Å². The fourth-order valence-corrected chi connectivity index (χ4v) is 9.82. The van der Waals surface area contributed by atoms with Crippen LogP contribution >= 0.6 is 0 Å². The van der Waals surface area contributed by atoms with Crippen molar-refractivity contribution in [1.82, 2.24) is 11.5 Å². The molecule has 0 aromatic heterocycles. The first-order valence-corrected chi connectivity index (χ1v) is 17.3. The molecule has 0 bridgehead atoms. The van der Waals surface area contributed by atoms with Gasteiger partial charge in [-0.15, -0.1) is 0 Å². The largest absolute Gasteiger partial charge is 0.462 e. The molecule has 8 atom stereocenters. The van der Waals surface area contributed by atoms with Gasteiger partial charge in [-0.25, -0.2) is 0 Å². The van der Waals surface area contributed by atoms with Crippen molar-refractivity contribution in [1.29, 1.82) is 0 Å². The molecule has 4 aliphatic rings. The van der Waals surface area contributed by atoms with E-state index in [0.717, 1.165) is 54.8 Å². The average Bonchev–Trinajstić information content (AvgIpc) is 3.33. The number of azide groups is 1. The van der Waals surface area contributed by atoms with E-state index < -0.39 is 0 Å². The zero-order valence-electron chi connectivity index (χ0n) is 28.3. The van der Waals surface area contributed by atoms with E-state index in [2.05, 4.69) is 56.0 Å². The summed E-state index contributed by atoms with van der Waals surface area (Å²) < 4.78 is 11.2. The smallest absolute Gasteiger partial charge is 0.306 e. The Bertz CT molecular complexity index is 1040. The van der Waals surface area contributed by atoms with Gasteiger partial charge in [0.05, 0.1) is 19.6 Å². The van der Waals surface area contributed by atoms with Gasteiger partial charge < -0.3 is 20.9 Å². The Morgan fingerprint density at radius 2 is 1.86 bits per heavy atom. The van der Waals surface area contributed by atoms with Crippen LogP contribution in [0, 0.1) is 46.3 Å². The summed E-state index contributed by atoms with van der Waals surface area (Å²) in [5.74, 6) is 4.46. The van der Waals surface area contributed by atoms with E-state index in [4.69, 9.17) is 15.0 Å². The molecule has 250 valence electrons. The van der Waals surface area contributed by atoms with Crippen LogP contribution in [-0.2, 0) is 19.1 Å². The van der Waals surface area contributed by atoms with Gasteiger partial charge in [-0.05, 0) is 96.8 Å². The number of ether oxygens (including phenoxy) is 2. The van der Waals surface area contributed by atoms with Crippen LogP contribution < -0.4 is 11.5 Å². The lowest BCUT2D eigenvalue weighted by atomic mass is 9.47. The fourth-order valence-electron chi connectivity index (χ4n) is 9.82. The molecule has 0 heterocycles. The standard InChI is InChI=1S/C35H58N4O4.H3N/c1-24(2)7-6-8-25(3)29-11-12-30-28-10-9-26-23-27(15-17-34(26,4)31(28)16-18-35(29,30)5)43-33(41)14-13-32(40)37-19-21-42-22-20-38-39-36;/h9,24-25,27-31H,6-8,10-23H2,1-5H3,(H,37,40);1H3/t25-,27+,28+,29-,30+,31+,34+,35-;/m1./s1. The van der Waals surface area contributed by atoms with Gasteiger partial charge in [-0.2, -0.15) is 0 Å². The summed E-state index contributed by atoms with van der Waals surface area (Å²) in [7, 11) is 0. The third-order valence-corrected chi connectivity index (χ3v) is 12.1. The molecule has 3 fully saturated rings. The second kappa shape index (κ2) is 16.5. The minimum Gasteiger partial charge on any atom is -0.462 e. The second-order valence-electron chi connectivity index (χ2n) is 15.1. The van der Waals surface area contributed by atoms with Gasteiger partial charge in [0.2, 0.25) is 5.91 Å². The van der Waals surface area contributed by atoms with Crippen molar-refractivity contribution in [3.8, 4) is 0 Å². The van der Waals surface area contributed by atoms with Crippen molar-refractivity contribution in [2.45, 2.75) is 124 Å². The molecular weight excluding hydrogens is 554 g/mol. The summed E-state index contributed by atoms with van der Waals surface area (Å²) in [5, 5.41) is 6.15. The van der Waals surface area contributed by atoms with Crippen molar-refractivity contribution < 1.29 is 19.1 Å². The normalized spacial score (nSPS) is 33.0. The zero-order chi connectivity index (χ0) is 31.0. The molecule has 44 heavy (non-hydrogen) atoms. The lowest BCUT2D eigenvalue weighted by Crippen LogP contribution is -2.51. The third kappa shape index (κ3) is 8.58. The van der Waals surface area contributed by atoms with Crippen LogP contribution in [0.2, 0.25) is 0 Å². The number of allylic oxidation sites excluding steroid dienone is 1. The summed E-state index contributed by atoms with van der Waals surface area (Å²) in [4.78, 5) is 27.4. The van der Waals surface area contributed by atoms with Crippen LogP contribution in [0.1, 0.15) is 118 Å². The molecule has 0 unspecified atom stereocenters. The fraction of sp³-hybridized carbons (Fsp3) is 0.886. The topological polar surface area (TPSA) is 148 Å². The first-order chi connectivity index (χ1) is 20.6. The lowest BCUT2D eigenvalue weighted by molar-refractivity contribution is -0.152. The molecule has 9 nitrogen and oxygen atoms in total. The monoisotopic (exact) mass is 615 g/mol. The number of nitrogens with one attached hydrogen (secondary N) is 1. The Morgan fingerprint density at radius 1 is 1.07 bits per heavy atom. The van der Waals surface area contributed by atoms with Crippen molar-refractivity contribution in [3.05, 3.63) is 22.1 Å². The maximum atomic E-state index is 12.6. The minimum absolute atomic E-state index is 0. The van der Waals surface area contributed by atoms with E-state index in [1.807, 2.05) is 0 Å². The quantitative estimate of drug-likeness (QED) is 0.0474. The lowest BCUT2D eigenvalue weighted by Gasteiger charge is -2.58. The van der Waals surface area contributed by atoms with Crippen LogP contribution in [0.5, 0.6) is 0 Å². The molecule has 1 amide bonds. The van der Waals surface area contributed by atoms with Crippen LogP contribution in [0.25, 0.3) is 10.4 Å². The molecule has 0 saturated heterocycles. The van der Waals surface area contributed by atoms with Crippen LogP contribution in [0.15, 0.2) is 16.8 Å². The molecule has 0 aliphatic heterocycles. The van der Waals surface area contributed by atoms with Crippen LogP contribution in [-0.4, -0.2) is 44.3 Å². The SMILES string of the molecule is CC(C)CCC[C@@H](C)[C@H]1CC[C@H]2[C@@H]3CC=C4C[C@@H](OC(=O)CCC(=O)NCCOCCN=[N+]=[N-])CC[C@]4(C)[C@H]3CC[C@]12C.N. The number of amides is 1. The summed E-state index contributed by atoms with van der Waals surface area (Å²) in [5.41, 5.74) is 10.5. The Morgan fingerprint density at radius 3 is 2.61 bits per heavy atom. The summed E-state index contributed by atoms with van der Waals surface area (Å²) >= 11 is 0. The Labute approximate surface area is 266 Å². The van der Waals surface area contributed by atoms with Crippen molar-refractivity contribution in [2.75, 3.05) is 26.3 Å². The van der Waals surface area contributed by atoms with Gasteiger partial charge in [0.15, 0.2) is 0 Å². The molecule has 4 N–H and O–H groups in total. The highest BCUT2D eigenvalue weighted by Gasteiger charge is 2.59. The molecular formula is C35H61N5O4. The van der Waals surface area contributed by atoms with Crippen molar-refractivity contribution in [3.63, 3.8) is 0 Å². The van der Waals surface area contributed by atoms with Gasteiger partial charge in [-0.1, -0.05) is 70.6 Å². The van der Waals surface area contributed by atoms with Crippen LogP contribution in [0.3, 0.4) is 0 Å². The van der Waals surface area contributed by atoms with Gasteiger partial charge in [0, 0.05) is 30.8 Å². The van der Waals surface area contributed by atoms with Gasteiger partial charge in [0.25, 0.3) is 0 Å². The summed E-state index contributed by atoms with van der Waals surface area (Å²) in [6.07, 6.45) is 16.4. The second-order valence-corrected chi connectivity index (χ2v) is 15.1. The Kier molecular flexibility index (Phi) is 13.6. The predicted octanol–water partition coefficient (Wildman–Crippen LogP) is 8.32. The predicted molar refractivity (Wildman–Crippen MR) is 175 cm³/mol. The molecule has 0 spiro atoms. The Balaban J connectivity index is 0.00000529. The summed E-state index contributed by atoms with van der Waals surface area (Å²) in [6.45, 7) is 13.7. The highest BCUT2D eigenvalue weighted by molar-refractivity contribution is 5.81. The third-order valence-electron chi connectivity index (χ3n) is 12.1. The molecule has 0 aromatic rings. The molecule has 0 aromatic carbocycles. The molecule has 4 rings (SSSR count). The van der Waals surface area contributed by atoms with E-state index in [1.165, 1.54) is 56.9 Å². The van der Waals surface area contributed by atoms with Gasteiger partial charge in [-0.3, -0.25) is 9.59 Å². The minimum atomic E-state index is -0.281. The highest BCUT2D eigenvalue weighted by atomic mass is 16.5. The molecule has 3 saturated carbocycles. The number of hydrogen-bond acceptors (Lipinski definition) is 6. The number of carbonyl (C=O) groups is 2. The maximum absolute atomic E-state index is 12.6. The van der Waals surface area contributed by atoms with E-state index >= 15 is 0 Å².